The highest BCUT2D eigenvalue weighted by molar-refractivity contribution is 5.97. The van der Waals surface area contributed by atoms with Crippen LogP contribution >= 0.6 is 0 Å². The molecule has 0 bridgehead atoms. The molecule has 9 heteroatoms. The lowest BCUT2D eigenvalue weighted by atomic mass is 9.84. The average molecular weight is 467 g/mol. The number of ether oxygens (including phenoxy) is 1. The number of halogens is 2. The summed E-state index contributed by atoms with van der Waals surface area (Å²) in [6, 6.07) is 3.66. The molecule has 1 heterocycles. The predicted octanol–water partition coefficient (Wildman–Crippen LogP) is 3.40. The number of carbonyl (C=O) groups excluding carboxylic acids is 2. The van der Waals surface area contributed by atoms with Gasteiger partial charge in [-0.05, 0) is 42.4 Å². The van der Waals surface area contributed by atoms with Crippen LogP contribution in [-0.4, -0.2) is 62.1 Å². The van der Waals surface area contributed by atoms with Crippen LogP contribution in [0.4, 0.5) is 20.2 Å². The summed E-state index contributed by atoms with van der Waals surface area (Å²) in [5.74, 6) is -0.135. The number of nitrogens with one attached hydrogen (secondary N) is 1. The molecule has 184 valence electrons. The van der Waals surface area contributed by atoms with E-state index in [9.17, 15) is 18.4 Å². The lowest BCUT2D eigenvalue weighted by Gasteiger charge is -2.39. The molecule has 7 nitrogen and oxygen atoms in total. The maximum atomic E-state index is 13.9. The SMILES string of the molecule is CC(C)(C)CN(CC1CCC1)[C@@H](CN)C(=O)Nc1ccc(N2CCOCC2=O)cc1C(F)F. The summed E-state index contributed by atoms with van der Waals surface area (Å²) in [6.45, 7) is 8.42. The molecule has 33 heavy (non-hydrogen) atoms. The van der Waals surface area contributed by atoms with Gasteiger partial charge in [0, 0.05) is 43.1 Å². The topological polar surface area (TPSA) is 87.9 Å². The van der Waals surface area contributed by atoms with Crippen LogP contribution in [0.5, 0.6) is 0 Å². The Labute approximate surface area is 194 Å². The summed E-state index contributed by atoms with van der Waals surface area (Å²) in [6.07, 6.45) is 0.657. The van der Waals surface area contributed by atoms with Gasteiger partial charge >= 0.3 is 0 Å². The van der Waals surface area contributed by atoms with Crippen molar-refractivity contribution in [3.8, 4) is 0 Å². The van der Waals surface area contributed by atoms with Crippen LogP contribution in [0.1, 0.15) is 52.0 Å². The van der Waals surface area contributed by atoms with Crippen LogP contribution in [0, 0.1) is 11.3 Å². The fourth-order valence-electron chi connectivity index (χ4n) is 4.36. The number of amides is 2. The molecule has 1 aromatic rings. The molecule has 1 atom stereocenters. The van der Waals surface area contributed by atoms with E-state index in [1.807, 2.05) is 0 Å². The van der Waals surface area contributed by atoms with E-state index in [-0.39, 0.29) is 35.7 Å². The number of hydrogen-bond donors (Lipinski definition) is 2. The molecule has 0 spiro atoms. The van der Waals surface area contributed by atoms with Gasteiger partial charge < -0.3 is 20.7 Å². The predicted molar refractivity (Wildman–Crippen MR) is 124 cm³/mol. The van der Waals surface area contributed by atoms with E-state index < -0.39 is 18.4 Å². The van der Waals surface area contributed by atoms with E-state index in [0.29, 0.717) is 31.3 Å². The second kappa shape index (κ2) is 10.9. The van der Waals surface area contributed by atoms with Crippen molar-refractivity contribution in [2.45, 2.75) is 52.5 Å². The quantitative estimate of drug-likeness (QED) is 0.582. The van der Waals surface area contributed by atoms with Gasteiger partial charge in [-0.1, -0.05) is 27.2 Å². The zero-order chi connectivity index (χ0) is 24.2. The Morgan fingerprint density at radius 2 is 2.06 bits per heavy atom. The third-order valence-corrected chi connectivity index (χ3v) is 6.19. The molecule has 3 rings (SSSR count). The van der Waals surface area contributed by atoms with E-state index in [1.165, 1.54) is 23.5 Å². The number of nitrogens with two attached hydrogens (primary N) is 1. The molecule has 0 radical (unpaired) electrons. The molecule has 3 N–H and O–H groups in total. The highest BCUT2D eigenvalue weighted by Gasteiger charge is 2.32. The zero-order valence-electron chi connectivity index (χ0n) is 19.8. The molecule has 1 aromatic carbocycles. The highest BCUT2D eigenvalue weighted by atomic mass is 19.3. The highest BCUT2D eigenvalue weighted by Crippen LogP contribution is 2.33. The second-order valence-corrected chi connectivity index (χ2v) is 10.2. The van der Waals surface area contributed by atoms with Crippen molar-refractivity contribution in [3.63, 3.8) is 0 Å². The Balaban J connectivity index is 1.80. The lowest BCUT2D eigenvalue weighted by Crippen LogP contribution is -2.53. The largest absolute Gasteiger partial charge is 0.370 e. The number of nitrogens with zero attached hydrogens (tertiary/aromatic N) is 2. The van der Waals surface area contributed by atoms with E-state index in [4.69, 9.17) is 10.5 Å². The minimum absolute atomic E-state index is 0.0391. The molecule has 0 aromatic heterocycles. The molecule has 1 saturated heterocycles. The first-order valence-electron chi connectivity index (χ1n) is 11.6. The second-order valence-electron chi connectivity index (χ2n) is 10.2. The normalized spacial score (nSPS) is 18.5. The van der Waals surface area contributed by atoms with Gasteiger partial charge in [-0.25, -0.2) is 8.78 Å². The van der Waals surface area contributed by atoms with Crippen LogP contribution < -0.4 is 16.0 Å². The molecule has 2 fully saturated rings. The van der Waals surface area contributed by atoms with Crippen LogP contribution in [0.25, 0.3) is 0 Å². The summed E-state index contributed by atoms with van der Waals surface area (Å²) in [5, 5.41) is 2.69. The average Bonchev–Trinajstić information content (AvgIpc) is 2.70. The number of anilines is 2. The summed E-state index contributed by atoms with van der Waals surface area (Å²) < 4.78 is 32.9. The van der Waals surface area contributed by atoms with Crippen LogP contribution in [-0.2, 0) is 14.3 Å². The lowest BCUT2D eigenvalue weighted by molar-refractivity contribution is -0.125. The summed E-state index contributed by atoms with van der Waals surface area (Å²) in [7, 11) is 0. The summed E-state index contributed by atoms with van der Waals surface area (Å²) in [4.78, 5) is 28.8. The Morgan fingerprint density at radius 1 is 1.33 bits per heavy atom. The van der Waals surface area contributed by atoms with Crippen molar-refractivity contribution in [2.75, 3.05) is 49.6 Å². The molecular formula is C24H36F2N4O3. The Morgan fingerprint density at radius 3 is 2.61 bits per heavy atom. The van der Waals surface area contributed by atoms with Crippen molar-refractivity contribution in [3.05, 3.63) is 23.8 Å². The maximum Gasteiger partial charge on any atom is 0.265 e. The first-order valence-corrected chi connectivity index (χ1v) is 11.6. The van der Waals surface area contributed by atoms with Gasteiger partial charge in [0.15, 0.2) is 0 Å². The van der Waals surface area contributed by atoms with E-state index >= 15 is 0 Å². The van der Waals surface area contributed by atoms with Crippen molar-refractivity contribution < 1.29 is 23.1 Å². The molecule has 1 saturated carbocycles. The minimum Gasteiger partial charge on any atom is -0.370 e. The van der Waals surface area contributed by atoms with Crippen LogP contribution in [0.3, 0.4) is 0 Å². The first kappa shape index (κ1) is 25.5. The van der Waals surface area contributed by atoms with Crippen molar-refractivity contribution in [2.24, 2.45) is 17.1 Å². The summed E-state index contributed by atoms with van der Waals surface area (Å²) in [5.41, 5.74) is 6.05. The summed E-state index contributed by atoms with van der Waals surface area (Å²) >= 11 is 0. The standard InChI is InChI=1S/C24H36F2N4O3/c1-24(2,3)15-29(13-16-5-4-6-16)20(12-27)23(32)28-19-8-7-17(11-18(19)22(25)26)30-9-10-33-14-21(30)31/h7-8,11,16,20,22H,4-6,9-10,12-15,27H2,1-3H3,(H,28,32)/t20-/m0/s1. The fraction of sp³-hybridized carbons (Fsp3) is 0.667. The molecule has 0 unspecified atom stereocenters. The minimum atomic E-state index is -2.81. The maximum absolute atomic E-state index is 13.9. The Hall–Kier alpha value is -2.10. The van der Waals surface area contributed by atoms with Gasteiger partial charge in [-0.15, -0.1) is 0 Å². The van der Waals surface area contributed by atoms with Gasteiger partial charge in [-0.2, -0.15) is 0 Å². The van der Waals surface area contributed by atoms with Crippen LogP contribution in [0.2, 0.25) is 0 Å². The molecule has 1 aliphatic heterocycles. The van der Waals surface area contributed by atoms with Gasteiger partial charge in [0.05, 0.1) is 6.61 Å². The van der Waals surface area contributed by atoms with Crippen molar-refractivity contribution in [1.29, 1.82) is 0 Å². The van der Waals surface area contributed by atoms with Crippen molar-refractivity contribution in [1.82, 2.24) is 4.90 Å². The Bertz CT molecular complexity index is 839. The number of alkyl halides is 2. The number of benzene rings is 1. The third kappa shape index (κ3) is 6.71. The van der Waals surface area contributed by atoms with Crippen LogP contribution in [0.15, 0.2) is 18.2 Å². The molecule has 2 amide bonds. The van der Waals surface area contributed by atoms with E-state index in [1.54, 1.807) is 6.07 Å². The number of rotatable bonds is 9. The fourth-order valence-corrected chi connectivity index (χ4v) is 4.36. The third-order valence-electron chi connectivity index (χ3n) is 6.19. The smallest absolute Gasteiger partial charge is 0.265 e. The first-order chi connectivity index (χ1) is 15.6. The number of carbonyl (C=O) groups is 2. The zero-order valence-corrected chi connectivity index (χ0v) is 19.8. The Kier molecular flexibility index (Phi) is 8.42. The number of morpholine rings is 1. The van der Waals surface area contributed by atoms with Gasteiger partial charge in [0.2, 0.25) is 5.91 Å². The molecule has 1 aliphatic carbocycles. The van der Waals surface area contributed by atoms with Gasteiger partial charge in [-0.3, -0.25) is 14.5 Å². The van der Waals surface area contributed by atoms with Crippen molar-refractivity contribution >= 4 is 23.2 Å². The van der Waals surface area contributed by atoms with E-state index in [2.05, 4.69) is 31.0 Å². The van der Waals surface area contributed by atoms with Gasteiger partial charge in [0.1, 0.15) is 12.6 Å². The van der Waals surface area contributed by atoms with Gasteiger partial charge in [0.25, 0.3) is 12.3 Å². The number of hydrogen-bond acceptors (Lipinski definition) is 5. The molecule has 2 aliphatic rings. The molecular weight excluding hydrogens is 430 g/mol. The van der Waals surface area contributed by atoms with E-state index in [0.717, 1.165) is 19.4 Å². The monoisotopic (exact) mass is 466 g/mol.